The van der Waals surface area contributed by atoms with Gasteiger partial charge in [-0.05, 0) is 62.6 Å². The standard InChI is InChI=1S/C24H31NO5/c1-17(2)30-20-10-6-8-18(16-20)9-7-15-25-22(26)14-12-19-11-13-21(27-3)24(29-5)23(19)28-4/h6,8,10-14,16-17H,7,9,15H2,1-5H3,(H,25,26)/b14-12+. The van der Waals surface area contributed by atoms with Gasteiger partial charge in [0.25, 0.3) is 0 Å². The molecule has 2 aromatic rings. The molecular formula is C24H31NO5. The molecule has 0 spiro atoms. The molecule has 0 aliphatic carbocycles. The number of aryl methyl sites for hydroxylation is 1. The molecule has 1 amide bonds. The van der Waals surface area contributed by atoms with Gasteiger partial charge in [-0.2, -0.15) is 0 Å². The van der Waals surface area contributed by atoms with Gasteiger partial charge in [-0.25, -0.2) is 0 Å². The summed E-state index contributed by atoms with van der Waals surface area (Å²) in [4.78, 5) is 12.2. The number of amides is 1. The highest BCUT2D eigenvalue weighted by Gasteiger charge is 2.14. The van der Waals surface area contributed by atoms with E-state index in [0.717, 1.165) is 24.2 Å². The monoisotopic (exact) mass is 413 g/mol. The molecule has 30 heavy (non-hydrogen) atoms. The zero-order chi connectivity index (χ0) is 21.9. The lowest BCUT2D eigenvalue weighted by molar-refractivity contribution is -0.116. The van der Waals surface area contributed by atoms with E-state index in [1.54, 1.807) is 33.5 Å². The largest absolute Gasteiger partial charge is 0.493 e. The average Bonchev–Trinajstić information content (AvgIpc) is 2.74. The Morgan fingerprint density at radius 2 is 1.80 bits per heavy atom. The van der Waals surface area contributed by atoms with Gasteiger partial charge in [0, 0.05) is 18.2 Å². The Morgan fingerprint density at radius 1 is 1.03 bits per heavy atom. The highest BCUT2D eigenvalue weighted by Crippen LogP contribution is 2.40. The molecule has 0 aliphatic rings. The van der Waals surface area contributed by atoms with Crippen molar-refractivity contribution in [3.05, 3.63) is 53.6 Å². The minimum Gasteiger partial charge on any atom is -0.493 e. The Labute approximate surface area is 178 Å². The van der Waals surface area contributed by atoms with Crippen LogP contribution in [-0.2, 0) is 11.2 Å². The van der Waals surface area contributed by atoms with Crippen LogP contribution in [0.15, 0.2) is 42.5 Å². The van der Waals surface area contributed by atoms with Crippen molar-refractivity contribution in [3.63, 3.8) is 0 Å². The summed E-state index contributed by atoms with van der Waals surface area (Å²) in [6, 6.07) is 11.7. The van der Waals surface area contributed by atoms with Crippen LogP contribution in [0.5, 0.6) is 23.0 Å². The molecule has 2 aromatic carbocycles. The van der Waals surface area contributed by atoms with Crippen molar-refractivity contribution in [1.29, 1.82) is 0 Å². The molecule has 0 saturated heterocycles. The summed E-state index contributed by atoms with van der Waals surface area (Å²) >= 11 is 0. The summed E-state index contributed by atoms with van der Waals surface area (Å²) in [6.45, 7) is 4.60. The number of carbonyl (C=O) groups excluding carboxylic acids is 1. The van der Waals surface area contributed by atoms with Gasteiger partial charge >= 0.3 is 0 Å². The Balaban J connectivity index is 1.87. The lowest BCUT2D eigenvalue weighted by Gasteiger charge is -2.14. The predicted molar refractivity (Wildman–Crippen MR) is 119 cm³/mol. The minimum absolute atomic E-state index is 0.149. The minimum atomic E-state index is -0.163. The number of ether oxygens (including phenoxy) is 4. The second-order valence-corrected chi connectivity index (χ2v) is 6.97. The Hall–Kier alpha value is -3.15. The number of carbonyl (C=O) groups is 1. The second-order valence-electron chi connectivity index (χ2n) is 6.97. The zero-order valence-electron chi connectivity index (χ0n) is 18.4. The topological polar surface area (TPSA) is 66.0 Å². The Kier molecular flexibility index (Phi) is 9.06. The summed E-state index contributed by atoms with van der Waals surface area (Å²) in [6.07, 6.45) is 5.03. The fourth-order valence-electron chi connectivity index (χ4n) is 3.03. The molecule has 0 saturated carbocycles. The maximum Gasteiger partial charge on any atom is 0.244 e. The smallest absolute Gasteiger partial charge is 0.244 e. The van der Waals surface area contributed by atoms with E-state index in [-0.39, 0.29) is 12.0 Å². The van der Waals surface area contributed by atoms with E-state index in [4.69, 9.17) is 18.9 Å². The molecule has 1 N–H and O–H groups in total. The maximum absolute atomic E-state index is 12.2. The number of benzene rings is 2. The van der Waals surface area contributed by atoms with Crippen LogP contribution >= 0.6 is 0 Å². The van der Waals surface area contributed by atoms with Gasteiger partial charge in [0.1, 0.15) is 5.75 Å². The van der Waals surface area contributed by atoms with Crippen LogP contribution in [0.2, 0.25) is 0 Å². The van der Waals surface area contributed by atoms with Crippen molar-refractivity contribution in [2.24, 2.45) is 0 Å². The van der Waals surface area contributed by atoms with Crippen molar-refractivity contribution in [2.45, 2.75) is 32.8 Å². The van der Waals surface area contributed by atoms with Crippen LogP contribution in [0.1, 0.15) is 31.4 Å². The fourth-order valence-corrected chi connectivity index (χ4v) is 3.03. The number of hydrogen-bond donors (Lipinski definition) is 1. The van der Waals surface area contributed by atoms with Crippen LogP contribution in [0, 0.1) is 0 Å². The second kappa shape index (κ2) is 11.8. The van der Waals surface area contributed by atoms with Crippen molar-refractivity contribution >= 4 is 12.0 Å². The molecular weight excluding hydrogens is 382 g/mol. The van der Waals surface area contributed by atoms with Gasteiger partial charge < -0.3 is 24.3 Å². The van der Waals surface area contributed by atoms with E-state index < -0.39 is 0 Å². The molecule has 0 fully saturated rings. The number of rotatable bonds is 11. The summed E-state index contributed by atoms with van der Waals surface area (Å²) < 4.78 is 21.8. The van der Waals surface area contributed by atoms with E-state index in [2.05, 4.69) is 11.4 Å². The Morgan fingerprint density at radius 3 is 2.47 bits per heavy atom. The normalized spacial score (nSPS) is 10.9. The molecule has 0 unspecified atom stereocenters. The summed E-state index contributed by atoms with van der Waals surface area (Å²) in [5.74, 6) is 2.29. The van der Waals surface area contributed by atoms with Crippen LogP contribution in [0.4, 0.5) is 0 Å². The molecule has 0 bridgehead atoms. The molecule has 0 heterocycles. The van der Waals surface area contributed by atoms with E-state index in [1.165, 1.54) is 11.6 Å². The van der Waals surface area contributed by atoms with Gasteiger partial charge in [-0.15, -0.1) is 0 Å². The molecule has 6 heteroatoms. The third-order valence-corrected chi connectivity index (χ3v) is 4.36. The first-order valence-corrected chi connectivity index (χ1v) is 9.99. The average molecular weight is 414 g/mol. The van der Waals surface area contributed by atoms with E-state index in [0.29, 0.717) is 23.8 Å². The molecule has 0 aliphatic heterocycles. The van der Waals surface area contributed by atoms with E-state index in [9.17, 15) is 4.79 Å². The van der Waals surface area contributed by atoms with Crippen molar-refractivity contribution in [3.8, 4) is 23.0 Å². The van der Waals surface area contributed by atoms with Gasteiger partial charge in [-0.1, -0.05) is 12.1 Å². The highest BCUT2D eigenvalue weighted by atomic mass is 16.5. The number of hydrogen-bond acceptors (Lipinski definition) is 5. The maximum atomic E-state index is 12.2. The van der Waals surface area contributed by atoms with Crippen LogP contribution < -0.4 is 24.3 Å². The molecule has 0 aromatic heterocycles. The molecule has 2 rings (SSSR count). The number of methoxy groups -OCH3 is 3. The summed E-state index contributed by atoms with van der Waals surface area (Å²) in [7, 11) is 4.66. The molecule has 0 radical (unpaired) electrons. The van der Waals surface area contributed by atoms with Gasteiger partial charge in [-0.3, -0.25) is 4.79 Å². The molecule has 0 atom stereocenters. The highest BCUT2D eigenvalue weighted by molar-refractivity contribution is 5.92. The van der Waals surface area contributed by atoms with Crippen molar-refractivity contribution in [1.82, 2.24) is 5.32 Å². The lowest BCUT2D eigenvalue weighted by atomic mass is 10.1. The molecule has 162 valence electrons. The first-order chi connectivity index (χ1) is 14.5. The SMILES string of the molecule is COc1ccc(/C=C/C(=O)NCCCc2cccc(OC(C)C)c2)c(OC)c1OC. The quantitative estimate of drug-likeness (QED) is 0.440. The van der Waals surface area contributed by atoms with Crippen LogP contribution in [0.3, 0.4) is 0 Å². The van der Waals surface area contributed by atoms with E-state index >= 15 is 0 Å². The summed E-state index contributed by atoms with van der Waals surface area (Å²) in [5.41, 5.74) is 1.92. The predicted octanol–water partition coefficient (Wildman–Crippen LogP) is 4.26. The van der Waals surface area contributed by atoms with E-state index in [1.807, 2.05) is 38.1 Å². The fraction of sp³-hybridized carbons (Fsp3) is 0.375. The van der Waals surface area contributed by atoms with Gasteiger partial charge in [0.15, 0.2) is 11.5 Å². The van der Waals surface area contributed by atoms with Crippen LogP contribution in [0.25, 0.3) is 6.08 Å². The van der Waals surface area contributed by atoms with Gasteiger partial charge in [0.2, 0.25) is 11.7 Å². The third kappa shape index (κ3) is 6.72. The van der Waals surface area contributed by atoms with Gasteiger partial charge in [0.05, 0.1) is 27.4 Å². The molecule has 6 nitrogen and oxygen atoms in total. The van der Waals surface area contributed by atoms with Crippen molar-refractivity contribution < 1.29 is 23.7 Å². The summed E-state index contributed by atoms with van der Waals surface area (Å²) in [5, 5.41) is 2.90. The number of nitrogens with one attached hydrogen (secondary N) is 1. The van der Waals surface area contributed by atoms with Crippen molar-refractivity contribution in [2.75, 3.05) is 27.9 Å². The first kappa shape index (κ1) is 23.1. The first-order valence-electron chi connectivity index (χ1n) is 9.99. The van der Waals surface area contributed by atoms with Crippen LogP contribution in [-0.4, -0.2) is 39.9 Å². The third-order valence-electron chi connectivity index (χ3n) is 4.36. The lowest BCUT2D eigenvalue weighted by Crippen LogP contribution is -2.22. The zero-order valence-corrected chi connectivity index (χ0v) is 18.4. The Bertz CT molecular complexity index is 861.